The molecule has 1 aliphatic rings. The lowest BCUT2D eigenvalue weighted by molar-refractivity contribution is 0.775. The fourth-order valence-electron chi connectivity index (χ4n) is 3.04. The lowest BCUT2D eigenvalue weighted by atomic mass is 9.99. The first-order chi connectivity index (χ1) is 10.1. The van der Waals surface area contributed by atoms with E-state index in [1.54, 1.807) is 0 Å². The van der Waals surface area contributed by atoms with Gasteiger partial charge in [-0.15, -0.1) is 0 Å². The summed E-state index contributed by atoms with van der Waals surface area (Å²) in [5, 5.41) is 0.804. The minimum atomic E-state index is 0.0206. The second-order valence-corrected chi connectivity index (χ2v) is 6.25. The first-order valence-electron chi connectivity index (χ1n) is 7.50. The quantitative estimate of drug-likeness (QED) is 0.913. The molecule has 110 valence electrons. The summed E-state index contributed by atoms with van der Waals surface area (Å²) >= 11 is 6.45. The summed E-state index contributed by atoms with van der Waals surface area (Å²) in [4.78, 5) is 2.38. The van der Waals surface area contributed by atoms with Crippen molar-refractivity contribution in [3.63, 3.8) is 0 Å². The maximum atomic E-state index is 6.45. The van der Waals surface area contributed by atoms with Gasteiger partial charge in [-0.1, -0.05) is 48.0 Å². The first-order valence-corrected chi connectivity index (χ1v) is 7.88. The lowest BCUT2D eigenvalue weighted by Crippen LogP contribution is -2.19. The van der Waals surface area contributed by atoms with Crippen molar-refractivity contribution in [1.29, 1.82) is 0 Å². The van der Waals surface area contributed by atoms with Crippen molar-refractivity contribution in [1.82, 2.24) is 0 Å². The van der Waals surface area contributed by atoms with Gasteiger partial charge in [-0.3, -0.25) is 0 Å². The average molecular weight is 301 g/mol. The molecule has 0 bridgehead atoms. The molecule has 2 aromatic carbocycles. The highest BCUT2D eigenvalue weighted by atomic mass is 35.5. The van der Waals surface area contributed by atoms with E-state index in [0.29, 0.717) is 5.92 Å². The number of benzene rings is 2. The fourth-order valence-corrected chi connectivity index (χ4v) is 3.35. The highest BCUT2D eigenvalue weighted by molar-refractivity contribution is 6.33. The van der Waals surface area contributed by atoms with Crippen LogP contribution in [0, 0.1) is 0 Å². The van der Waals surface area contributed by atoms with Crippen LogP contribution < -0.4 is 10.6 Å². The number of hydrogen-bond donors (Lipinski definition) is 1. The monoisotopic (exact) mass is 300 g/mol. The summed E-state index contributed by atoms with van der Waals surface area (Å²) in [5.41, 5.74) is 9.54. The molecular weight excluding hydrogens is 280 g/mol. The van der Waals surface area contributed by atoms with E-state index in [0.717, 1.165) is 29.4 Å². The van der Waals surface area contributed by atoms with E-state index in [2.05, 4.69) is 47.4 Å². The predicted molar refractivity (Wildman–Crippen MR) is 90.1 cm³/mol. The van der Waals surface area contributed by atoms with E-state index < -0.39 is 0 Å². The molecule has 0 spiro atoms. The van der Waals surface area contributed by atoms with Crippen molar-refractivity contribution in [3.05, 3.63) is 64.7 Å². The largest absolute Gasteiger partial charge is 0.370 e. The summed E-state index contributed by atoms with van der Waals surface area (Å²) in [6.07, 6.45) is 1.18. The molecule has 21 heavy (non-hydrogen) atoms. The Labute approximate surface area is 131 Å². The topological polar surface area (TPSA) is 29.3 Å². The van der Waals surface area contributed by atoms with Gasteiger partial charge in [0.15, 0.2) is 0 Å². The molecule has 0 saturated carbocycles. The zero-order chi connectivity index (χ0) is 14.8. The van der Waals surface area contributed by atoms with Gasteiger partial charge in [-0.05, 0) is 36.6 Å². The van der Waals surface area contributed by atoms with Gasteiger partial charge in [-0.25, -0.2) is 0 Å². The number of rotatable bonds is 3. The Morgan fingerprint density at radius 2 is 1.95 bits per heavy atom. The molecule has 0 radical (unpaired) electrons. The van der Waals surface area contributed by atoms with Crippen molar-refractivity contribution in [3.8, 4) is 0 Å². The van der Waals surface area contributed by atoms with Crippen LogP contribution in [0.4, 0.5) is 5.69 Å². The molecule has 1 heterocycles. The van der Waals surface area contributed by atoms with Crippen LogP contribution in [0.2, 0.25) is 5.02 Å². The molecular formula is C18H21ClN2. The first kappa shape index (κ1) is 14.4. The summed E-state index contributed by atoms with van der Waals surface area (Å²) < 4.78 is 0. The standard InChI is InChI=1S/C18H21ClN2/c1-13(20)15-7-8-18(17(19)11-15)21-10-9-16(12-21)14-5-3-2-4-6-14/h2-8,11,13,16H,9-10,12,20H2,1H3/t13-,16?/m1/s1. The number of nitrogens with zero attached hydrogens (tertiary/aromatic N) is 1. The molecule has 2 N–H and O–H groups in total. The summed E-state index contributed by atoms with van der Waals surface area (Å²) in [7, 11) is 0. The SMILES string of the molecule is C[C@@H](N)c1ccc(N2CCC(c3ccccc3)C2)c(Cl)c1. The molecule has 2 aromatic rings. The number of halogens is 1. The van der Waals surface area contributed by atoms with Gasteiger partial charge in [0.2, 0.25) is 0 Å². The van der Waals surface area contributed by atoms with E-state index in [-0.39, 0.29) is 6.04 Å². The second-order valence-electron chi connectivity index (χ2n) is 5.84. The molecule has 0 aromatic heterocycles. The van der Waals surface area contributed by atoms with Crippen molar-refractivity contribution in [2.75, 3.05) is 18.0 Å². The number of hydrogen-bond acceptors (Lipinski definition) is 2. The molecule has 1 unspecified atom stereocenters. The Balaban J connectivity index is 1.77. The Kier molecular flexibility index (Phi) is 4.18. The van der Waals surface area contributed by atoms with Gasteiger partial charge < -0.3 is 10.6 Å². The molecule has 0 amide bonds. The third kappa shape index (κ3) is 3.07. The van der Waals surface area contributed by atoms with Gasteiger partial charge in [0.05, 0.1) is 10.7 Å². The molecule has 3 heteroatoms. The smallest absolute Gasteiger partial charge is 0.0642 e. The lowest BCUT2D eigenvalue weighted by Gasteiger charge is -2.21. The van der Waals surface area contributed by atoms with Crippen LogP contribution in [-0.2, 0) is 0 Å². The van der Waals surface area contributed by atoms with Crippen molar-refractivity contribution in [2.24, 2.45) is 5.73 Å². The van der Waals surface area contributed by atoms with E-state index >= 15 is 0 Å². The zero-order valence-corrected chi connectivity index (χ0v) is 13.1. The summed E-state index contributed by atoms with van der Waals surface area (Å²) in [5.74, 6) is 0.593. The van der Waals surface area contributed by atoms with Crippen LogP contribution >= 0.6 is 11.6 Å². The van der Waals surface area contributed by atoms with Crippen LogP contribution in [0.3, 0.4) is 0 Å². The van der Waals surface area contributed by atoms with Crippen LogP contribution in [0.15, 0.2) is 48.5 Å². The van der Waals surface area contributed by atoms with Crippen LogP contribution in [0.1, 0.15) is 36.4 Å². The molecule has 1 aliphatic heterocycles. The predicted octanol–water partition coefficient (Wildman–Crippen LogP) is 4.35. The second kappa shape index (κ2) is 6.08. The van der Waals surface area contributed by atoms with Gasteiger partial charge in [-0.2, -0.15) is 0 Å². The average Bonchev–Trinajstić information content (AvgIpc) is 2.97. The van der Waals surface area contributed by atoms with Crippen LogP contribution in [-0.4, -0.2) is 13.1 Å². The van der Waals surface area contributed by atoms with Crippen molar-refractivity contribution in [2.45, 2.75) is 25.3 Å². The molecule has 2 nitrogen and oxygen atoms in total. The van der Waals surface area contributed by atoms with E-state index in [1.165, 1.54) is 12.0 Å². The maximum absolute atomic E-state index is 6.45. The molecule has 3 rings (SSSR count). The summed E-state index contributed by atoms with van der Waals surface area (Å²) in [6.45, 7) is 4.06. The van der Waals surface area contributed by atoms with Gasteiger partial charge >= 0.3 is 0 Å². The van der Waals surface area contributed by atoms with E-state index in [4.69, 9.17) is 17.3 Å². The number of nitrogens with two attached hydrogens (primary N) is 1. The molecule has 1 saturated heterocycles. The Morgan fingerprint density at radius 3 is 2.62 bits per heavy atom. The molecule has 2 atom stereocenters. The normalized spacial score (nSPS) is 19.8. The molecule has 1 fully saturated rings. The Hall–Kier alpha value is -1.51. The van der Waals surface area contributed by atoms with Crippen LogP contribution in [0.25, 0.3) is 0 Å². The third-order valence-electron chi connectivity index (χ3n) is 4.30. The van der Waals surface area contributed by atoms with Gasteiger partial charge in [0.1, 0.15) is 0 Å². The Bertz CT molecular complexity index is 610. The van der Waals surface area contributed by atoms with Crippen LogP contribution in [0.5, 0.6) is 0 Å². The van der Waals surface area contributed by atoms with E-state index in [1.807, 2.05) is 13.0 Å². The fraction of sp³-hybridized carbons (Fsp3) is 0.333. The maximum Gasteiger partial charge on any atom is 0.0642 e. The van der Waals surface area contributed by atoms with Gasteiger partial charge in [0.25, 0.3) is 0 Å². The highest BCUT2D eigenvalue weighted by Gasteiger charge is 2.25. The highest BCUT2D eigenvalue weighted by Crippen LogP contribution is 2.35. The zero-order valence-electron chi connectivity index (χ0n) is 12.3. The minimum Gasteiger partial charge on any atom is -0.370 e. The Morgan fingerprint density at radius 1 is 1.19 bits per heavy atom. The van der Waals surface area contributed by atoms with E-state index in [9.17, 15) is 0 Å². The number of anilines is 1. The van der Waals surface area contributed by atoms with Crippen molar-refractivity contribution < 1.29 is 0 Å². The van der Waals surface area contributed by atoms with Gasteiger partial charge in [0, 0.05) is 25.0 Å². The molecule has 0 aliphatic carbocycles. The minimum absolute atomic E-state index is 0.0206. The summed E-state index contributed by atoms with van der Waals surface area (Å²) in [6, 6.07) is 16.9. The van der Waals surface area contributed by atoms with Crippen molar-refractivity contribution >= 4 is 17.3 Å². The third-order valence-corrected chi connectivity index (χ3v) is 4.60.